The molecule has 1 saturated carbocycles. The minimum absolute atomic E-state index is 0.0966. The van der Waals surface area contributed by atoms with Crippen LogP contribution in [-0.2, 0) is 4.79 Å². The summed E-state index contributed by atoms with van der Waals surface area (Å²) in [5, 5.41) is 23.3. The van der Waals surface area contributed by atoms with E-state index in [-0.39, 0.29) is 19.0 Å². The Morgan fingerprint density at radius 3 is 2.59 bits per heavy atom. The van der Waals surface area contributed by atoms with E-state index < -0.39 is 18.1 Å². The molecule has 2 amide bonds. The Labute approximate surface area is 100 Å². The first kappa shape index (κ1) is 13.8. The molecule has 17 heavy (non-hydrogen) atoms. The van der Waals surface area contributed by atoms with Gasteiger partial charge in [-0.3, -0.25) is 4.79 Å². The lowest BCUT2D eigenvalue weighted by Crippen LogP contribution is -2.47. The van der Waals surface area contributed by atoms with Gasteiger partial charge in [-0.1, -0.05) is 19.3 Å². The van der Waals surface area contributed by atoms with E-state index >= 15 is 0 Å². The molecule has 0 spiro atoms. The minimum atomic E-state index is -0.945. The van der Waals surface area contributed by atoms with Crippen LogP contribution >= 0.6 is 0 Å². The zero-order valence-electron chi connectivity index (χ0n) is 9.82. The van der Waals surface area contributed by atoms with Crippen molar-refractivity contribution >= 4 is 12.0 Å². The van der Waals surface area contributed by atoms with Crippen molar-refractivity contribution < 1.29 is 19.8 Å². The molecule has 0 radical (unpaired) electrons. The molecule has 4 N–H and O–H groups in total. The third-order valence-corrected chi connectivity index (χ3v) is 2.92. The van der Waals surface area contributed by atoms with Crippen LogP contribution in [0.1, 0.15) is 38.5 Å². The second-order valence-electron chi connectivity index (χ2n) is 4.36. The molecular weight excluding hydrogens is 224 g/mol. The highest BCUT2D eigenvalue weighted by Crippen LogP contribution is 2.17. The predicted octanol–water partition coefficient (Wildman–Crippen LogP) is 0.454. The van der Waals surface area contributed by atoms with E-state index in [1.165, 1.54) is 0 Å². The van der Waals surface area contributed by atoms with E-state index in [9.17, 15) is 14.7 Å². The molecule has 0 saturated heterocycles. The second-order valence-corrected chi connectivity index (χ2v) is 4.36. The summed E-state index contributed by atoms with van der Waals surface area (Å²) in [6.07, 6.45) is 3.95. The molecule has 1 fully saturated rings. The largest absolute Gasteiger partial charge is 0.481 e. The fraction of sp³-hybridized carbons (Fsp3) is 0.818. The first-order chi connectivity index (χ1) is 8.09. The van der Waals surface area contributed by atoms with Crippen LogP contribution in [0.15, 0.2) is 0 Å². The number of carboxylic acids is 1. The van der Waals surface area contributed by atoms with Gasteiger partial charge in [0.2, 0.25) is 0 Å². The maximum atomic E-state index is 11.4. The number of carbonyl (C=O) groups is 2. The average Bonchev–Trinajstić information content (AvgIpc) is 2.44. The minimum Gasteiger partial charge on any atom is -0.481 e. The molecular formula is C11H20N2O4. The molecule has 1 rings (SSSR count). The van der Waals surface area contributed by atoms with Gasteiger partial charge in [0.05, 0.1) is 18.6 Å². The maximum absolute atomic E-state index is 11.4. The Morgan fingerprint density at radius 2 is 1.88 bits per heavy atom. The predicted molar refractivity (Wildman–Crippen MR) is 61.7 cm³/mol. The van der Waals surface area contributed by atoms with Crippen molar-refractivity contribution in [3.63, 3.8) is 0 Å². The van der Waals surface area contributed by atoms with Gasteiger partial charge in [-0.25, -0.2) is 4.79 Å². The van der Waals surface area contributed by atoms with Crippen molar-refractivity contribution in [2.75, 3.05) is 6.54 Å². The number of hydrogen-bond acceptors (Lipinski definition) is 3. The summed E-state index contributed by atoms with van der Waals surface area (Å²) in [5.41, 5.74) is 0. The lowest BCUT2D eigenvalue weighted by Gasteiger charge is -2.21. The van der Waals surface area contributed by atoms with Crippen molar-refractivity contribution in [1.29, 1.82) is 0 Å². The maximum Gasteiger partial charge on any atom is 0.315 e. The van der Waals surface area contributed by atoms with Crippen LogP contribution in [0.4, 0.5) is 4.79 Å². The Bertz CT molecular complexity index is 270. The molecule has 0 unspecified atom stereocenters. The van der Waals surface area contributed by atoms with E-state index in [1.807, 2.05) is 0 Å². The highest BCUT2D eigenvalue weighted by molar-refractivity contribution is 5.75. The molecule has 0 heterocycles. The van der Waals surface area contributed by atoms with Gasteiger partial charge in [0.1, 0.15) is 0 Å². The molecule has 0 bridgehead atoms. The van der Waals surface area contributed by atoms with Crippen LogP contribution in [0.3, 0.4) is 0 Å². The van der Waals surface area contributed by atoms with Crippen LogP contribution in [0.5, 0.6) is 0 Å². The van der Waals surface area contributed by atoms with Crippen molar-refractivity contribution in [3.8, 4) is 0 Å². The number of aliphatic carboxylic acids is 1. The summed E-state index contributed by atoms with van der Waals surface area (Å²) < 4.78 is 0. The van der Waals surface area contributed by atoms with E-state index in [0.717, 1.165) is 25.7 Å². The molecule has 1 aliphatic rings. The van der Waals surface area contributed by atoms with Crippen LogP contribution in [0, 0.1) is 0 Å². The number of urea groups is 1. The molecule has 98 valence electrons. The van der Waals surface area contributed by atoms with Crippen molar-refractivity contribution in [2.45, 2.75) is 50.7 Å². The Kier molecular flexibility index (Phi) is 5.76. The number of hydrogen-bond donors (Lipinski definition) is 4. The summed E-state index contributed by atoms with van der Waals surface area (Å²) in [7, 11) is 0. The van der Waals surface area contributed by atoms with Crippen molar-refractivity contribution in [2.24, 2.45) is 0 Å². The number of nitrogens with one attached hydrogen (secondary N) is 2. The molecule has 0 aromatic rings. The van der Waals surface area contributed by atoms with E-state index in [0.29, 0.717) is 6.42 Å². The average molecular weight is 244 g/mol. The number of aliphatic hydroxyl groups excluding tert-OH is 1. The van der Waals surface area contributed by atoms with Gasteiger partial charge < -0.3 is 20.8 Å². The first-order valence-corrected chi connectivity index (χ1v) is 6.04. The van der Waals surface area contributed by atoms with Gasteiger partial charge in [0.15, 0.2) is 0 Å². The van der Waals surface area contributed by atoms with E-state index in [1.54, 1.807) is 0 Å². The Balaban J connectivity index is 2.26. The first-order valence-electron chi connectivity index (χ1n) is 6.04. The quantitative estimate of drug-likeness (QED) is 0.540. The monoisotopic (exact) mass is 244 g/mol. The third-order valence-electron chi connectivity index (χ3n) is 2.92. The van der Waals surface area contributed by atoms with E-state index in [4.69, 9.17) is 5.11 Å². The lowest BCUT2D eigenvalue weighted by molar-refractivity contribution is -0.136. The zero-order valence-corrected chi connectivity index (χ0v) is 9.82. The van der Waals surface area contributed by atoms with Gasteiger partial charge in [0, 0.05) is 6.54 Å². The molecule has 6 nitrogen and oxygen atoms in total. The summed E-state index contributed by atoms with van der Waals surface area (Å²) in [6, 6.07) is -0.625. The standard InChI is InChI=1S/C11H20N2O4/c14-9-5-3-1-2-4-8(9)13-11(17)12-7-6-10(15)16/h8-9,14H,1-7H2,(H,15,16)(H2,12,13,17)/t8-,9-/m1/s1. The van der Waals surface area contributed by atoms with Gasteiger partial charge in [0.25, 0.3) is 0 Å². The molecule has 6 heteroatoms. The zero-order chi connectivity index (χ0) is 12.7. The van der Waals surface area contributed by atoms with Gasteiger partial charge in [-0.15, -0.1) is 0 Å². The molecule has 0 aliphatic heterocycles. The number of rotatable bonds is 4. The van der Waals surface area contributed by atoms with Gasteiger partial charge >= 0.3 is 12.0 Å². The number of carbonyl (C=O) groups excluding carboxylic acids is 1. The fourth-order valence-electron chi connectivity index (χ4n) is 1.96. The smallest absolute Gasteiger partial charge is 0.315 e. The van der Waals surface area contributed by atoms with E-state index in [2.05, 4.69) is 10.6 Å². The van der Waals surface area contributed by atoms with Crippen molar-refractivity contribution in [1.82, 2.24) is 10.6 Å². The normalized spacial score (nSPS) is 24.8. The number of carboxylic acid groups (broad SMARTS) is 1. The topological polar surface area (TPSA) is 98.7 Å². The van der Waals surface area contributed by atoms with Crippen molar-refractivity contribution in [3.05, 3.63) is 0 Å². The summed E-state index contributed by atoms with van der Waals surface area (Å²) >= 11 is 0. The molecule has 2 atom stereocenters. The van der Waals surface area contributed by atoms with Crippen LogP contribution in [0.25, 0.3) is 0 Å². The van der Waals surface area contributed by atoms with Gasteiger partial charge in [-0.05, 0) is 12.8 Å². The number of amides is 2. The highest BCUT2D eigenvalue weighted by Gasteiger charge is 2.22. The molecule has 0 aromatic heterocycles. The summed E-state index contributed by atoms with van der Waals surface area (Å²) in [4.78, 5) is 21.7. The van der Waals surface area contributed by atoms with Crippen LogP contribution in [0.2, 0.25) is 0 Å². The summed E-state index contributed by atoms with van der Waals surface area (Å²) in [5.74, 6) is -0.945. The second kappa shape index (κ2) is 7.11. The lowest BCUT2D eigenvalue weighted by atomic mass is 10.1. The summed E-state index contributed by atoms with van der Waals surface area (Å²) in [6.45, 7) is 0.101. The molecule has 1 aliphatic carbocycles. The Morgan fingerprint density at radius 1 is 1.18 bits per heavy atom. The fourth-order valence-corrected chi connectivity index (χ4v) is 1.96. The van der Waals surface area contributed by atoms with Crippen LogP contribution < -0.4 is 10.6 Å². The van der Waals surface area contributed by atoms with Crippen LogP contribution in [-0.4, -0.2) is 40.9 Å². The highest BCUT2D eigenvalue weighted by atomic mass is 16.4. The third kappa shape index (κ3) is 5.53. The number of aliphatic hydroxyl groups is 1. The van der Waals surface area contributed by atoms with Gasteiger partial charge in [-0.2, -0.15) is 0 Å². The SMILES string of the molecule is O=C(O)CCNC(=O)N[C@@H]1CCCCC[C@H]1O. The Hall–Kier alpha value is -1.30. The molecule has 0 aromatic carbocycles.